The van der Waals surface area contributed by atoms with Crippen molar-refractivity contribution in [3.05, 3.63) is 94.6 Å². The molecule has 1 aliphatic carbocycles. The molecule has 3 aromatic carbocycles. The number of nitrogens with zero attached hydrogens (tertiary/aromatic N) is 1. The number of aromatic nitrogens is 1. The highest BCUT2D eigenvalue weighted by Crippen LogP contribution is 2.36. The Morgan fingerprint density at radius 1 is 1.00 bits per heavy atom. The van der Waals surface area contributed by atoms with Gasteiger partial charge in [-0.25, -0.2) is 0 Å². The Morgan fingerprint density at radius 3 is 2.50 bits per heavy atom. The fraction of sp³-hybridized carbons (Fsp3) is 0.312. The van der Waals surface area contributed by atoms with Gasteiger partial charge in [0.15, 0.2) is 0 Å². The van der Waals surface area contributed by atoms with Crippen LogP contribution in [0.5, 0.6) is 11.5 Å². The number of para-hydroxylation sites is 1. The van der Waals surface area contributed by atoms with Crippen LogP contribution in [0.3, 0.4) is 0 Å². The SMILES string of the molecule is COc1ccc([C@@H](C(=O)NC2CCCC2)N(Cc2ccccc2Cl)C(=O)Cc2c[nH]c3ccccc23)c(OC)c1. The van der Waals surface area contributed by atoms with Crippen molar-refractivity contribution in [3.63, 3.8) is 0 Å². The predicted octanol–water partition coefficient (Wildman–Crippen LogP) is 6.21. The van der Waals surface area contributed by atoms with E-state index in [9.17, 15) is 9.59 Å². The van der Waals surface area contributed by atoms with Gasteiger partial charge in [0.2, 0.25) is 11.8 Å². The second-order valence-corrected chi connectivity index (χ2v) is 10.6. The number of fused-ring (bicyclic) bond motifs is 1. The number of ether oxygens (including phenoxy) is 2. The van der Waals surface area contributed by atoms with Gasteiger partial charge in [0, 0.05) is 46.3 Å². The number of benzene rings is 3. The zero-order valence-electron chi connectivity index (χ0n) is 22.8. The molecule has 1 atom stereocenters. The predicted molar refractivity (Wildman–Crippen MR) is 157 cm³/mol. The Bertz CT molecular complexity index is 1490. The molecule has 1 fully saturated rings. The van der Waals surface area contributed by atoms with E-state index in [0.29, 0.717) is 22.1 Å². The lowest BCUT2D eigenvalue weighted by Gasteiger charge is -2.33. The minimum absolute atomic E-state index is 0.0742. The largest absolute Gasteiger partial charge is 0.497 e. The summed E-state index contributed by atoms with van der Waals surface area (Å²) in [5.74, 6) is 0.622. The van der Waals surface area contributed by atoms with Crippen molar-refractivity contribution in [2.24, 2.45) is 0 Å². The highest BCUT2D eigenvalue weighted by atomic mass is 35.5. The minimum Gasteiger partial charge on any atom is -0.497 e. The molecule has 5 rings (SSSR count). The Hall–Kier alpha value is -3.97. The third-order valence-electron chi connectivity index (χ3n) is 7.63. The van der Waals surface area contributed by atoms with Crippen molar-refractivity contribution in [3.8, 4) is 11.5 Å². The van der Waals surface area contributed by atoms with E-state index in [1.807, 2.05) is 48.7 Å². The first-order valence-electron chi connectivity index (χ1n) is 13.6. The molecule has 0 aliphatic heterocycles. The summed E-state index contributed by atoms with van der Waals surface area (Å²) in [5.41, 5.74) is 3.15. The molecule has 40 heavy (non-hydrogen) atoms. The first-order chi connectivity index (χ1) is 19.5. The van der Waals surface area contributed by atoms with Crippen LogP contribution in [0.15, 0.2) is 72.9 Å². The molecule has 0 saturated heterocycles. The number of aromatic amines is 1. The highest BCUT2D eigenvalue weighted by molar-refractivity contribution is 6.31. The van der Waals surface area contributed by atoms with E-state index in [2.05, 4.69) is 10.3 Å². The van der Waals surface area contributed by atoms with Gasteiger partial charge in [-0.1, -0.05) is 60.8 Å². The summed E-state index contributed by atoms with van der Waals surface area (Å²) < 4.78 is 11.1. The van der Waals surface area contributed by atoms with Crippen LogP contribution < -0.4 is 14.8 Å². The highest BCUT2D eigenvalue weighted by Gasteiger charge is 2.35. The summed E-state index contributed by atoms with van der Waals surface area (Å²) in [6.45, 7) is 0.152. The van der Waals surface area contributed by atoms with E-state index in [-0.39, 0.29) is 30.8 Å². The number of amides is 2. The van der Waals surface area contributed by atoms with Crippen LogP contribution in [0.2, 0.25) is 5.02 Å². The number of carbonyl (C=O) groups excluding carboxylic acids is 2. The van der Waals surface area contributed by atoms with Gasteiger partial charge in [-0.3, -0.25) is 9.59 Å². The van der Waals surface area contributed by atoms with Crippen molar-refractivity contribution in [2.75, 3.05) is 14.2 Å². The average Bonchev–Trinajstić information content (AvgIpc) is 3.64. The van der Waals surface area contributed by atoms with E-state index in [4.69, 9.17) is 21.1 Å². The molecule has 4 aromatic rings. The van der Waals surface area contributed by atoms with Gasteiger partial charge in [0.1, 0.15) is 17.5 Å². The van der Waals surface area contributed by atoms with Gasteiger partial charge in [0.05, 0.1) is 20.6 Å². The fourth-order valence-electron chi connectivity index (χ4n) is 5.52. The minimum atomic E-state index is -0.949. The van der Waals surface area contributed by atoms with Gasteiger partial charge in [-0.15, -0.1) is 0 Å². The Morgan fingerprint density at radius 2 is 1.75 bits per heavy atom. The smallest absolute Gasteiger partial charge is 0.247 e. The number of halogens is 1. The molecule has 7 nitrogen and oxygen atoms in total. The van der Waals surface area contributed by atoms with Crippen molar-refractivity contribution < 1.29 is 19.1 Å². The third kappa shape index (κ3) is 5.94. The van der Waals surface area contributed by atoms with Crippen LogP contribution in [0.4, 0.5) is 0 Å². The molecular formula is C32H34ClN3O4. The van der Waals surface area contributed by atoms with Crippen molar-refractivity contribution in [2.45, 2.75) is 50.7 Å². The number of methoxy groups -OCH3 is 2. The lowest BCUT2D eigenvalue weighted by atomic mass is 9.99. The quantitative estimate of drug-likeness (QED) is 0.242. The van der Waals surface area contributed by atoms with Gasteiger partial charge < -0.3 is 24.7 Å². The molecule has 8 heteroatoms. The molecule has 0 bridgehead atoms. The molecule has 0 radical (unpaired) electrons. The summed E-state index contributed by atoms with van der Waals surface area (Å²) >= 11 is 6.58. The fourth-order valence-corrected chi connectivity index (χ4v) is 5.72. The molecule has 2 N–H and O–H groups in total. The molecule has 0 spiro atoms. The maximum Gasteiger partial charge on any atom is 0.247 e. The number of hydrogen-bond donors (Lipinski definition) is 2. The second kappa shape index (κ2) is 12.5. The van der Waals surface area contributed by atoms with Crippen molar-refractivity contribution >= 4 is 34.3 Å². The number of rotatable bonds is 10. The first kappa shape index (κ1) is 27.6. The molecule has 1 aliphatic rings. The monoisotopic (exact) mass is 559 g/mol. The van der Waals surface area contributed by atoms with Crippen LogP contribution in [0, 0.1) is 0 Å². The second-order valence-electron chi connectivity index (χ2n) is 10.1. The number of H-pyrrole nitrogens is 1. The van der Waals surface area contributed by atoms with E-state index >= 15 is 0 Å². The Labute approximate surface area is 239 Å². The normalized spacial score (nSPS) is 14.2. The lowest BCUT2D eigenvalue weighted by Crippen LogP contribution is -2.46. The summed E-state index contributed by atoms with van der Waals surface area (Å²) in [6.07, 6.45) is 5.96. The Balaban J connectivity index is 1.59. The van der Waals surface area contributed by atoms with Gasteiger partial charge in [-0.05, 0) is 48.2 Å². The number of hydrogen-bond acceptors (Lipinski definition) is 4. The van der Waals surface area contributed by atoms with Gasteiger partial charge >= 0.3 is 0 Å². The standard InChI is InChI=1S/C32H34ClN3O4/c1-39-24-15-16-26(29(18-24)40-2)31(32(38)35-23-10-4-5-11-23)36(20-21-9-3-7-13-27(21)33)30(37)17-22-19-34-28-14-8-6-12-25(22)28/h3,6-9,12-16,18-19,23,31,34H,4-5,10-11,17,20H2,1-2H3,(H,35,38)/t31-/m0/s1. The van der Waals surface area contributed by atoms with Crippen LogP contribution in [0.25, 0.3) is 10.9 Å². The van der Waals surface area contributed by atoms with E-state index in [1.54, 1.807) is 43.4 Å². The van der Waals surface area contributed by atoms with Crippen molar-refractivity contribution in [1.82, 2.24) is 15.2 Å². The van der Waals surface area contributed by atoms with E-state index < -0.39 is 6.04 Å². The van der Waals surface area contributed by atoms with Crippen LogP contribution in [0.1, 0.15) is 48.4 Å². The molecule has 2 amide bonds. The van der Waals surface area contributed by atoms with Gasteiger partial charge in [-0.2, -0.15) is 0 Å². The molecule has 1 aromatic heterocycles. The molecule has 208 valence electrons. The Kier molecular flexibility index (Phi) is 8.60. The average molecular weight is 560 g/mol. The topological polar surface area (TPSA) is 83.7 Å². The van der Waals surface area contributed by atoms with E-state index in [0.717, 1.165) is 47.7 Å². The van der Waals surface area contributed by atoms with E-state index in [1.165, 1.54) is 0 Å². The summed E-state index contributed by atoms with van der Waals surface area (Å²) in [6, 6.07) is 19.7. The van der Waals surface area contributed by atoms with Crippen LogP contribution >= 0.6 is 11.6 Å². The van der Waals surface area contributed by atoms with Gasteiger partial charge in [0.25, 0.3) is 0 Å². The molecule has 0 unspecified atom stereocenters. The van der Waals surface area contributed by atoms with Crippen LogP contribution in [-0.4, -0.2) is 42.0 Å². The molecule has 1 heterocycles. The number of nitrogens with one attached hydrogen (secondary N) is 2. The lowest BCUT2D eigenvalue weighted by molar-refractivity contribution is -0.141. The summed E-state index contributed by atoms with van der Waals surface area (Å²) in [4.78, 5) is 33.3. The summed E-state index contributed by atoms with van der Waals surface area (Å²) in [5, 5.41) is 4.73. The first-order valence-corrected chi connectivity index (χ1v) is 14.0. The summed E-state index contributed by atoms with van der Waals surface area (Å²) in [7, 11) is 3.13. The number of carbonyl (C=O) groups is 2. The zero-order chi connectivity index (χ0) is 28.1. The zero-order valence-corrected chi connectivity index (χ0v) is 23.5. The maximum atomic E-state index is 14.3. The molecule has 1 saturated carbocycles. The molecular weight excluding hydrogens is 526 g/mol. The maximum absolute atomic E-state index is 14.3. The van der Waals surface area contributed by atoms with Crippen molar-refractivity contribution in [1.29, 1.82) is 0 Å². The third-order valence-corrected chi connectivity index (χ3v) is 8.00. The van der Waals surface area contributed by atoms with Crippen LogP contribution in [-0.2, 0) is 22.6 Å².